The van der Waals surface area contributed by atoms with Gasteiger partial charge in [-0.05, 0) is 6.07 Å². The average molecular weight is 475 g/mol. The predicted molar refractivity (Wildman–Crippen MR) is 106 cm³/mol. The molecule has 0 amide bonds. The molecular weight excluding hydrogens is 459 g/mol. The minimum atomic E-state index is -4.61. The molecule has 3 aromatic rings. The fourth-order valence-electron chi connectivity index (χ4n) is 3.12. The van der Waals surface area contributed by atoms with E-state index in [0.29, 0.717) is 5.82 Å². The van der Waals surface area contributed by atoms with Crippen LogP contribution in [0.4, 0.5) is 19.0 Å². The lowest BCUT2D eigenvalue weighted by atomic mass is 10.3. The van der Waals surface area contributed by atoms with Gasteiger partial charge >= 0.3 is 6.18 Å². The van der Waals surface area contributed by atoms with E-state index in [1.54, 1.807) is 11.0 Å². The Morgan fingerprint density at radius 2 is 1.84 bits per heavy atom. The topological polar surface area (TPSA) is 123 Å². The lowest BCUT2D eigenvalue weighted by Gasteiger charge is -2.29. The number of hydrogen-bond acceptors (Lipinski definition) is 8. The van der Waals surface area contributed by atoms with E-state index in [1.807, 2.05) is 0 Å². The fourth-order valence-corrected chi connectivity index (χ4v) is 6.91. The van der Waals surface area contributed by atoms with Crippen molar-refractivity contribution in [2.75, 3.05) is 35.8 Å². The van der Waals surface area contributed by atoms with Gasteiger partial charge in [-0.3, -0.25) is 4.40 Å². The second kappa shape index (κ2) is 7.40. The van der Waals surface area contributed by atoms with Crippen LogP contribution in [0.1, 0.15) is 5.69 Å². The first-order valence-electron chi connectivity index (χ1n) is 8.86. The van der Waals surface area contributed by atoms with Gasteiger partial charge in [0.05, 0.1) is 39.9 Å². The van der Waals surface area contributed by atoms with Crippen LogP contribution >= 0.6 is 0 Å². The summed E-state index contributed by atoms with van der Waals surface area (Å²) in [4.78, 5) is 17.8. The Hall–Kier alpha value is -2.81. The second-order valence-corrected chi connectivity index (χ2v) is 11.3. The van der Waals surface area contributed by atoms with E-state index in [4.69, 9.17) is 0 Å². The van der Waals surface area contributed by atoms with Crippen LogP contribution in [0.15, 0.2) is 34.6 Å². The Morgan fingerprint density at radius 3 is 2.48 bits per heavy atom. The number of fused-ring (bicyclic) bond motifs is 1. The van der Waals surface area contributed by atoms with E-state index in [9.17, 15) is 25.8 Å². The van der Waals surface area contributed by atoms with Gasteiger partial charge in [0.1, 0.15) is 11.5 Å². The summed E-state index contributed by atoms with van der Waals surface area (Å²) in [6.45, 7) is 0.507. The number of alkyl halides is 3. The van der Waals surface area contributed by atoms with Crippen LogP contribution in [0.2, 0.25) is 0 Å². The molecule has 4 rings (SSSR count). The van der Waals surface area contributed by atoms with Crippen LogP contribution in [0, 0.1) is 0 Å². The zero-order valence-electron chi connectivity index (χ0n) is 16.0. The molecule has 0 bridgehead atoms. The monoisotopic (exact) mass is 475 g/mol. The van der Waals surface area contributed by atoms with Crippen LogP contribution in [-0.4, -0.2) is 67.8 Å². The van der Waals surface area contributed by atoms with Gasteiger partial charge in [-0.25, -0.2) is 32.6 Å². The van der Waals surface area contributed by atoms with E-state index in [1.165, 1.54) is 16.8 Å². The molecule has 0 atom stereocenters. The molecule has 10 nitrogen and oxygen atoms in total. The van der Waals surface area contributed by atoms with Gasteiger partial charge < -0.3 is 4.90 Å². The van der Waals surface area contributed by atoms with Crippen molar-refractivity contribution in [2.24, 2.45) is 3.77 Å². The van der Waals surface area contributed by atoms with Gasteiger partial charge in [-0.1, -0.05) is 0 Å². The van der Waals surface area contributed by atoms with Gasteiger partial charge in [0.2, 0.25) is 0 Å². The Balaban J connectivity index is 1.65. The van der Waals surface area contributed by atoms with Gasteiger partial charge in [0, 0.05) is 25.5 Å². The maximum absolute atomic E-state index is 13.0. The number of halogens is 3. The Bertz CT molecular complexity index is 1360. The van der Waals surface area contributed by atoms with Crippen molar-refractivity contribution < 1.29 is 25.8 Å². The standard InChI is InChI=1S/C16H16F3N7O3S2/c1-30(27,28)24-31(29)6-4-25(5-7-31)13-2-3-20-15(23-13)11-8-22-14-9-21-12(10-26(11)14)16(17,18)19/h2-3,8-10H,4-7H2,1H3. The van der Waals surface area contributed by atoms with Crippen LogP contribution in [-0.2, 0) is 25.9 Å². The largest absolute Gasteiger partial charge is 0.434 e. The summed E-state index contributed by atoms with van der Waals surface area (Å²) in [7, 11) is -6.59. The Kier molecular flexibility index (Phi) is 5.12. The lowest BCUT2D eigenvalue weighted by molar-refractivity contribution is -0.141. The number of aromatic nitrogens is 5. The summed E-state index contributed by atoms with van der Waals surface area (Å²) in [6.07, 6.45) is 0.938. The van der Waals surface area contributed by atoms with E-state index in [2.05, 4.69) is 23.7 Å². The minimum absolute atomic E-state index is 0.0512. The average Bonchev–Trinajstić information content (AvgIpc) is 3.09. The maximum Gasteiger partial charge on any atom is 0.434 e. The third kappa shape index (κ3) is 4.61. The molecule has 166 valence electrons. The van der Waals surface area contributed by atoms with Crippen molar-refractivity contribution in [1.82, 2.24) is 24.3 Å². The van der Waals surface area contributed by atoms with Crippen LogP contribution in [0.25, 0.3) is 17.2 Å². The number of sulfonamides is 1. The van der Waals surface area contributed by atoms with Crippen molar-refractivity contribution in [2.45, 2.75) is 6.18 Å². The molecule has 0 radical (unpaired) electrons. The van der Waals surface area contributed by atoms with Crippen molar-refractivity contribution in [3.63, 3.8) is 0 Å². The summed E-state index contributed by atoms with van der Waals surface area (Å²) >= 11 is 0. The summed E-state index contributed by atoms with van der Waals surface area (Å²) in [5.74, 6) is 0.716. The summed E-state index contributed by atoms with van der Waals surface area (Å²) in [5, 5.41) is 0. The molecule has 0 aliphatic carbocycles. The second-order valence-electron chi connectivity index (χ2n) is 6.86. The predicted octanol–water partition coefficient (Wildman–Crippen LogP) is 1.45. The molecule has 0 N–H and O–H groups in total. The van der Waals surface area contributed by atoms with E-state index in [0.717, 1.165) is 18.6 Å². The lowest BCUT2D eigenvalue weighted by Crippen LogP contribution is -2.41. The zero-order chi connectivity index (χ0) is 22.4. The zero-order valence-corrected chi connectivity index (χ0v) is 17.7. The van der Waals surface area contributed by atoms with E-state index < -0.39 is 31.6 Å². The van der Waals surface area contributed by atoms with Crippen molar-refractivity contribution in [3.05, 3.63) is 36.5 Å². The highest BCUT2D eigenvalue weighted by Gasteiger charge is 2.33. The molecule has 1 fully saturated rings. The molecule has 15 heteroatoms. The number of rotatable bonds is 3. The molecule has 4 heterocycles. The van der Waals surface area contributed by atoms with Gasteiger partial charge in [-0.15, -0.1) is 3.77 Å². The van der Waals surface area contributed by atoms with Crippen LogP contribution < -0.4 is 4.90 Å². The van der Waals surface area contributed by atoms with E-state index in [-0.39, 0.29) is 41.8 Å². The first kappa shape index (κ1) is 21.4. The van der Waals surface area contributed by atoms with Crippen molar-refractivity contribution >= 4 is 31.2 Å². The first-order chi connectivity index (χ1) is 14.4. The molecule has 0 aromatic carbocycles. The molecule has 3 aromatic heterocycles. The summed E-state index contributed by atoms with van der Waals surface area (Å²) < 4.78 is 79.1. The third-order valence-electron chi connectivity index (χ3n) is 4.51. The number of imidazole rings is 1. The van der Waals surface area contributed by atoms with Crippen molar-refractivity contribution in [3.8, 4) is 11.5 Å². The maximum atomic E-state index is 13.0. The third-order valence-corrected chi connectivity index (χ3v) is 8.32. The molecule has 0 unspecified atom stereocenters. The number of hydrogen-bond donors (Lipinski definition) is 0. The van der Waals surface area contributed by atoms with Gasteiger partial charge in [-0.2, -0.15) is 13.2 Å². The highest BCUT2D eigenvalue weighted by atomic mass is 32.3. The quantitative estimate of drug-likeness (QED) is 0.558. The normalized spacial score (nSPS) is 17.1. The summed E-state index contributed by atoms with van der Waals surface area (Å²) in [6, 6.07) is 1.61. The minimum Gasteiger partial charge on any atom is -0.355 e. The van der Waals surface area contributed by atoms with Gasteiger partial charge in [0.15, 0.2) is 17.2 Å². The summed E-state index contributed by atoms with van der Waals surface area (Å²) in [5.41, 5.74) is -0.620. The van der Waals surface area contributed by atoms with Crippen LogP contribution in [0.5, 0.6) is 0 Å². The molecule has 1 aliphatic heterocycles. The highest BCUT2D eigenvalue weighted by Crippen LogP contribution is 2.29. The molecule has 1 saturated heterocycles. The SMILES string of the molecule is CS(=O)(=O)N=S1(=O)CCN(c2ccnc(-c3cnc4cnc(C(F)(F)F)cn34)n2)CC1. The molecule has 0 saturated carbocycles. The molecule has 1 aliphatic rings. The number of anilines is 1. The fraction of sp³-hybridized carbons (Fsp3) is 0.375. The molecular formula is C16H16F3N7O3S2. The number of nitrogens with zero attached hydrogens (tertiary/aromatic N) is 7. The molecule has 0 spiro atoms. The smallest absolute Gasteiger partial charge is 0.355 e. The Morgan fingerprint density at radius 1 is 1.13 bits per heavy atom. The van der Waals surface area contributed by atoms with Crippen molar-refractivity contribution in [1.29, 1.82) is 0 Å². The Labute approximate surface area is 175 Å². The molecule has 31 heavy (non-hydrogen) atoms. The highest BCUT2D eigenvalue weighted by molar-refractivity contribution is 8.03. The van der Waals surface area contributed by atoms with Gasteiger partial charge in [0.25, 0.3) is 10.0 Å². The van der Waals surface area contributed by atoms with E-state index >= 15 is 0 Å². The van der Waals surface area contributed by atoms with Crippen LogP contribution in [0.3, 0.4) is 0 Å². The first-order valence-corrected chi connectivity index (χ1v) is 12.6.